The summed E-state index contributed by atoms with van der Waals surface area (Å²) in [6, 6.07) is 44.1. The van der Waals surface area contributed by atoms with Crippen molar-refractivity contribution in [3.8, 4) is 16.8 Å². The second-order valence-electron chi connectivity index (χ2n) is 9.10. The number of fused-ring (bicyclic) bond motifs is 6. The zero-order valence-corrected chi connectivity index (χ0v) is 19.0. The van der Waals surface area contributed by atoms with Crippen LogP contribution in [0.4, 0.5) is 0 Å². The molecule has 34 heavy (non-hydrogen) atoms. The molecule has 0 fully saturated rings. The molecule has 1 nitrogen and oxygen atoms in total. The van der Waals surface area contributed by atoms with E-state index in [4.69, 9.17) is 0 Å². The van der Waals surface area contributed by atoms with Crippen LogP contribution in [0.15, 0.2) is 121 Å². The van der Waals surface area contributed by atoms with Gasteiger partial charge in [-0.05, 0) is 81.6 Å². The van der Waals surface area contributed by atoms with Crippen LogP contribution in [-0.4, -0.2) is 4.57 Å². The molecule has 1 heteroatoms. The zero-order valence-electron chi connectivity index (χ0n) is 19.0. The molecule has 1 heterocycles. The minimum absolute atomic E-state index is 1.19. The number of hydrogen-bond acceptors (Lipinski definition) is 0. The van der Waals surface area contributed by atoms with Crippen LogP contribution < -0.4 is 0 Å². The zero-order chi connectivity index (χ0) is 22.6. The van der Waals surface area contributed by atoms with Crippen molar-refractivity contribution < 1.29 is 0 Å². The highest BCUT2D eigenvalue weighted by atomic mass is 15.0. The van der Waals surface area contributed by atoms with Gasteiger partial charge in [-0.1, -0.05) is 84.9 Å². The Morgan fingerprint density at radius 1 is 0.441 bits per heavy atom. The van der Waals surface area contributed by atoms with Gasteiger partial charge in [-0.15, -0.1) is 0 Å². The van der Waals surface area contributed by atoms with E-state index in [1.165, 1.54) is 65.7 Å². The fourth-order valence-electron chi connectivity index (χ4n) is 5.48. The number of aromatic nitrogens is 1. The van der Waals surface area contributed by atoms with Crippen molar-refractivity contribution >= 4 is 43.4 Å². The quantitative estimate of drug-likeness (QED) is 0.240. The maximum Gasteiger partial charge on any atom is 0.0541 e. The van der Waals surface area contributed by atoms with Crippen molar-refractivity contribution in [1.29, 1.82) is 0 Å². The third-order valence-corrected chi connectivity index (χ3v) is 7.09. The van der Waals surface area contributed by atoms with E-state index < -0.39 is 0 Å². The molecule has 160 valence electrons. The summed E-state index contributed by atoms with van der Waals surface area (Å²) in [4.78, 5) is 0. The summed E-state index contributed by atoms with van der Waals surface area (Å²) in [5.74, 6) is 0. The number of benzene rings is 6. The van der Waals surface area contributed by atoms with E-state index in [9.17, 15) is 0 Å². The summed E-state index contributed by atoms with van der Waals surface area (Å²) in [5, 5.41) is 7.82. The molecule has 0 aliphatic rings. The number of para-hydroxylation sites is 2. The fraction of sp³-hybridized carbons (Fsp3) is 0.0303. The Bertz CT molecular complexity index is 1860. The summed E-state index contributed by atoms with van der Waals surface area (Å²) >= 11 is 0. The Morgan fingerprint density at radius 2 is 1.06 bits per heavy atom. The van der Waals surface area contributed by atoms with Crippen molar-refractivity contribution in [2.45, 2.75) is 6.92 Å². The first-order valence-corrected chi connectivity index (χ1v) is 11.8. The minimum Gasteiger partial charge on any atom is -0.309 e. The van der Waals surface area contributed by atoms with Crippen LogP contribution in [0.3, 0.4) is 0 Å². The van der Waals surface area contributed by atoms with E-state index >= 15 is 0 Å². The molecule has 7 aromatic rings. The van der Waals surface area contributed by atoms with Crippen molar-refractivity contribution in [3.63, 3.8) is 0 Å². The second-order valence-corrected chi connectivity index (χ2v) is 9.10. The molecule has 0 N–H and O–H groups in total. The molecular formula is C33H23N. The molecule has 0 saturated heterocycles. The molecule has 0 aliphatic carbocycles. The van der Waals surface area contributed by atoms with Crippen LogP contribution in [0.2, 0.25) is 0 Å². The average Bonchev–Trinajstić information content (AvgIpc) is 3.23. The lowest BCUT2D eigenvalue weighted by atomic mass is 9.94. The molecule has 0 aliphatic heterocycles. The van der Waals surface area contributed by atoms with Gasteiger partial charge < -0.3 is 4.57 Å². The lowest BCUT2D eigenvalue weighted by molar-refractivity contribution is 1.18. The Kier molecular flexibility index (Phi) is 4.13. The van der Waals surface area contributed by atoms with Gasteiger partial charge in [0.15, 0.2) is 0 Å². The van der Waals surface area contributed by atoms with E-state index in [-0.39, 0.29) is 0 Å². The van der Waals surface area contributed by atoms with Gasteiger partial charge in [-0.3, -0.25) is 0 Å². The molecule has 1 aromatic heterocycles. The average molecular weight is 434 g/mol. The molecule has 0 amide bonds. The van der Waals surface area contributed by atoms with Crippen LogP contribution in [-0.2, 0) is 0 Å². The SMILES string of the molecule is Cc1cc2ccc(-c3ccc4c(c3)c3ccccc3n4-c3ccccc3)cc2c2ccccc12. The van der Waals surface area contributed by atoms with Crippen LogP contribution in [0.1, 0.15) is 5.56 Å². The van der Waals surface area contributed by atoms with Crippen LogP contribution in [0, 0.1) is 6.92 Å². The normalized spacial score (nSPS) is 11.7. The van der Waals surface area contributed by atoms with Crippen LogP contribution in [0.25, 0.3) is 60.2 Å². The van der Waals surface area contributed by atoms with Gasteiger partial charge in [-0.25, -0.2) is 0 Å². The summed E-state index contributed by atoms with van der Waals surface area (Å²) in [6.07, 6.45) is 0. The molecule has 0 bridgehead atoms. The third-order valence-electron chi connectivity index (χ3n) is 7.09. The molecule has 6 aromatic carbocycles. The highest BCUT2D eigenvalue weighted by molar-refractivity contribution is 6.12. The maximum absolute atomic E-state index is 2.37. The van der Waals surface area contributed by atoms with Gasteiger partial charge in [-0.2, -0.15) is 0 Å². The van der Waals surface area contributed by atoms with Crippen LogP contribution >= 0.6 is 0 Å². The van der Waals surface area contributed by atoms with Gasteiger partial charge in [0.2, 0.25) is 0 Å². The topological polar surface area (TPSA) is 4.93 Å². The molecule has 0 radical (unpaired) electrons. The van der Waals surface area contributed by atoms with E-state index in [2.05, 4.69) is 133 Å². The molecule has 0 unspecified atom stereocenters. The van der Waals surface area contributed by atoms with Crippen molar-refractivity contribution in [2.75, 3.05) is 0 Å². The Labute approximate surface area is 198 Å². The van der Waals surface area contributed by atoms with Crippen molar-refractivity contribution in [1.82, 2.24) is 4.57 Å². The van der Waals surface area contributed by atoms with E-state index in [0.29, 0.717) is 0 Å². The first kappa shape index (κ1) is 19.1. The second kappa shape index (κ2) is 7.33. The monoisotopic (exact) mass is 433 g/mol. The lowest BCUT2D eigenvalue weighted by Gasteiger charge is -2.11. The Balaban J connectivity index is 1.49. The summed E-state index contributed by atoms with van der Waals surface area (Å²) in [7, 11) is 0. The summed E-state index contributed by atoms with van der Waals surface area (Å²) in [6.45, 7) is 2.20. The van der Waals surface area contributed by atoms with E-state index in [1.54, 1.807) is 0 Å². The first-order valence-electron chi connectivity index (χ1n) is 11.8. The molecule has 0 atom stereocenters. The summed E-state index contributed by atoms with van der Waals surface area (Å²) in [5.41, 5.74) is 7.48. The fourth-order valence-corrected chi connectivity index (χ4v) is 5.48. The molecule has 0 saturated carbocycles. The van der Waals surface area contributed by atoms with E-state index in [0.717, 1.165) is 0 Å². The van der Waals surface area contributed by atoms with Gasteiger partial charge in [0.05, 0.1) is 11.0 Å². The van der Waals surface area contributed by atoms with Gasteiger partial charge >= 0.3 is 0 Å². The smallest absolute Gasteiger partial charge is 0.0541 e. The standard InChI is InChI=1S/C33H23N/c1-22-19-25-16-15-23(20-30(25)28-12-6-5-11-27(22)28)24-17-18-33-31(21-24)29-13-7-8-14-32(29)34(33)26-9-3-2-4-10-26/h2-21H,1H3. The number of rotatable bonds is 2. The van der Waals surface area contributed by atoms with Crippen molar-refractivity contribution in [3.05, 3.63) is 127 Å². The first-order chi connectivity index (χ1) is 16.8. The largest absolute Gasteiger partial charge is 0.309 e. The predicted octanol–water partition coefficient (Wildman–Crippen LogP) is 9.07. The number of aryl methyl sites for hydroxylation is 1. The lowest BCUT2D eigenvalue weighted by Crippen LogP contribution is -1.92. The Morgan fingerprint density at radius 3 is 1.88 bits per heavy atom. The highest BCUT2D eigenvalue weighted by Crippen LogP contribution is 2.36. The van der Waals surface area contributed by atoms with Crippen LogP contribution in [0.5, 0.6) is 0 Å². The Hall–Kier alpha value is -4.36. The maximum atomic E-state index is 2.37. The highest BCUT2D eigenvalue weighted by Gasteiger charge is 2.13. The summed E-state index contributed by atoms with van der Waals surface area (Å²) < 4.78 is 2.37. The molecule has 0 spiro atoms. The minimum atomic E-state index is 1.19. The number of hydrogen-bond donors (Lipinski definition) is 0. The molecular weight excluding hydrogens is 410 g/mol. The predicted molar refractivity (Wildman–Crippen MR) is 146 cm³/mol. The molecule has 7 rings (SSSR count). The third kappa shape index (κ3) is 2.80. The van der Waals surface area contributed by atoms with Gasteiger partial charge in [0.25, 0.3) is 0 Å². The van der Waals surface area contributed by atoms with E-state index in [1.807, 2.05) is 0 Å². The number of nitrogens with zero attached hydrogens (tertiary/aromatic N) is 1. The van der Waals surface area contributed by atoms with Gasteiger partial charge in [0.1, 0.15) is 0 Å². The van der Waals surface area contributed by atoms with Gasteiger partial charge in [0, 0.05) is 16.5 Å². The van der Waals surface area contributed by atoms with Crippen molar-refractivity contribution in [2.24, 2.45) is 0 Å².